The van der Waals surface area contributed by atoms with Crippen molar-refractivity contribution < 1.29 is 14.1 Å². The van der Waals surface area contributed by atoms with E-state index in [1.165, 1.54) is 29.2 Å². The van der Waals surface area contributed by atoms with Crippen LogP contribution in [0.1, 0.15) is 24.1 Å². The SMILES string of the molecule is CCc1cnc(CSc2cnc(NC(=O)Cc3ccccc3[N+](=O)[O-])s2)o1. The van der Waals surface area contributed by atoms with Crippen LogP contribution in [0.4, 0.5) is 10.8 Å². The molecular formula is C17H16N4O4S2. The minimum absolute atomic E-state index is 0.0690. The van der Waals surface area contributed by atoms with E-state index in [0.29, 0.717) is 22.3 Å². The Balaban J connectivity index is 1.55. The van der Waals surface area contributed by atoms with Gasteiger partial charge in [0.2, 0.25) is 11.8 Å². The lowest BCUT2D eigenvalue weighted by Gasteiger charge is -2.03. The lowest BCUT2D eigenvalue weighted by molar-refractivity contribution is -0.385. The van der Waals surface area contributed by atoms with Crippen molar-refractivity contribution in [3.8, 4) is 0 Å². The Morgan fingerprint density at radius 3 is 2.89 bits per heavy atom. The van der Waals surface area contributed by atoms with E-state index < -0.39 is 4.92 Å². The highest BCUT2D eigenvalue weighted by Gasteiger charge is 2.16. The van der Waals surface area contributed by atoms with Crippen molar-refractivity contribution in [2.45, 2.75) is 29.7 Å². The highest BCUT2D eigenvalue weighted by molar-refractivity contribution is 8.00. The van der Waals surface area contributed by atoms with E-state index in [1.54, 1.807) is 30.6 Å². The number of para-hydroxylation sites is 1. The molecule has 27 heavy (non-hydrogen) atoms. The number of hydrogen-bond donors (Lipinski definition) is 1. The van der Waals surface area contributed by atoms with Crippen molar-refractivity contribution in [1.29, 1.82) is 0 Å². The normalized spacial score (nSPS) is 10.7. The largest absolute Gasteiger partial charge is 0.445 e. The van der Waals surface area contributed by atoms with Crippen LogP contribution in [0.25, 0.3) is 0 Å². The number of nitrogens with zero attached hydrogens (tertiary/aromatic N) is 3. The zero-order chi connectivity index (χ0) is 19.2. The van der Waals surface area contributed by atoms with Crippen LogP contribution in [0.5, 0.6) is 0 Å². The summed E-state index contributed by atoms with van der Waals surface area (Å²) in [6, 6.07) is 6.19. The smallest absolute Gasteiger partial charge is 0.273 e. The minimum atomic E-state index is -0.493. The Morgan fingerprint density at radius 2 is 2.15 bits per heavy atom. The molecule has 140 valence electrons. The van der Waals surface area contributed by atoms with Crippen LogP contribution in [-0.2, 0) is 23.4 Å². The molecule has 0 bridgehead atoms. The van der Waals surface area contributed by atoms with E-state index in [2.05, 4.69) is 15.3 Å². The van der Waals surface area contributed by atoms with Gasteiger partial charge in [0.1, 0.15) is 5.76 Å². The summed E-state index contributed by atoms with van der Waals surface area (Å²) >= 11 is 2.85. The average Bonchev–Trinajstić information content (AvgIpc) is 3.29. The van der Waals surface area contributed by atoms with E-state index in [4.69, 9.17) is 4.42 Å². The summed E-state index contributed by atoms with van der Waals surface area (Å²) in [5.41, 5.74) is 0.294. The first-order valence-corrected chi connectivity index (χ1v) is 9.89. The standard InChI is InChI=1S/C17H16N4O4S2/c1-2-12-8-18-15(25-12)10-26-16-9-19-17(27-16)20-14(22)7-11-5-3-4-6-13(11)21(23)24/h3-6,8-9H,2,7,10H2,1H3,(H,19,20,22). The lowest BCUT2D eigenvalue weighted by Crippen LogP contribution is -2.15. The van der Waals surface area contributed by atoms with Crippen LogP contribution in [0.2, 0.25) is 0 Å². The molecule has 0 aliphatic rings. The molecule has 3 aromatic rings. The van der Waals surface area contributed by atoms with Crippen molar-refractivity contribution in [3.63, 3.8) is 0 Å². The van der Waals surface area contributed by atoms with E-state index in [9.17, 15) is 14.9 Å². The van der Waals surface area contributed by atoms with Gasteiger partial charge in [-0.1, -0.05) is 36.5 Å². The molecular weight excluding hydrogens is 388 g/mol. The number of rotatable bonds is 8. The molecule has 0 saturated heterocycles. The number of carbonyl (C=O) groups is 1. The first-order chi connectivity index (χ1) is 13.0. The molecule has 1 amide bonds. The second-order valence-corrected chi connectivity index (χ2v) is 7.76. The molecule has 8 nitrogen and oxygen atoms in total. The number of anilines is 1. The highest BCUT2D eigenvalue weighted by Crippen LogP contribution is 2.30. The summed E-state index contributed by atoms with van der Waals surface area (Å²) in [5.74, 6) is 1.71. The Kier molecular flexibility index (Phi) is 6.20. The van der Waals surface area contributed by atoms with Crippen molar-refractivity contribution in [2.75, 3.05) is 5.32 Å². The van der Waals surface area contributed by atoms with E-state index >= 15 is 0 Å². The van der Waals surface area contributed by atoms with Gasteiger partial charge in [0.05, 0.1) is 33.7 Å². The number of carbonyl (C=O) groups excluding carboxylic acids is 1. The monoisotopic (exact) mass is 404 g/mol. The number of thiazole rings is 1. The number of aromatic nitrogens is 2. The molecule has 2 heterocycles. The molecule has 0 radical (unpaired) electrons. The Hall–Kier alpha value is -2.72. The third-order valence-electron chi connectivity index (χ3n) is 3.56. The quantitative estimate of drug-likeness (QED) is 0.342. The first-order valence-electron chi connectivity index (χ1n) is 8.09. The highest BCUT2D eigenvalue weighted by atomic mass is 32.2. The van der Waals surface area contributed by atoms with E-state index in [0.717, 1.165) is 16.4 Å². The topological polar surface area (TPSA) is 111 Å². The fraction of sp³-hybridized carbons (Fsp3) is 0.235. The zero-order valence-corrected chi connectivity index (χ0v) is 16.0. The fourth-order valence-electron chi connectivity index (χ4n) is 2.27. The van der Waals surface area contributed by atoms with Crippen molar-refractivity contribution in [2.24, 2.45) is 0 Å². The van der Waals surface area contributed by atoms with Crippen LogP contribution in [0, 0.1) is 10.1 Å². The molecule has 0 spiro atoms. The summed E-state index contributed by atoms with van der Waals surface area (Å²) in [5, 5.41) is 14.2. The van der Waals surface area contributed by atoms with Crippen LogP contribution in [-0.4, -0.2) is 20.8 Å². The molecule has 0 unspecified atom stereocenters. The second-order valence-electron chi connectivity index (χ2n) is 5.46. The summed E-state index contributed by atoms with van der Waals surface area (Å²) in [6.07, 6.45) is 4.10. The molecule has 1 aromatic carbocycles. The maximum atomic E-state index is 12.2. The van der Waals surface area contributed by atoms with Gasteiger partial charge in [-0.25, -0.2) is 9.97 Å². The van der Waals surface area contributed by atoms with Gasteiger partial charge in [-0.3, -0.25) is 14.9 Å². The maximum absolute atomic E-state index is 12.2. The molecule has 0 fully saturated rings. The van der Waals surface area contributed by atoms with Crippen LogP contribution in [0.3, 0.4) is 0 Å². The maximum Gasteiger partial charge on any atom is 0.273 e. The van der Waals surface area contributed by atoms with Crippen LogP contribution in [0.15, 0.2) is 45.3 Å². The van der Waals surface area contributed by atoms with Gasteiger partial charge >= 0.3 is 0 Å². The number of aryl methyl sites for hydroxylation is 1. The molecule has 0 aliphatic heterocycles. The van der Waals surface area contributed by atoms with Gasteiger partial charge in [0.25, 0.3) is 5.69 Å². The Morgan fingerprint density at radius 1 is 1.33 bits per heavy atom. The molecule has 1 N–H and O–H groups in total. The molecule has 0 saturated carbocycles. The Bertz CT molecular complexity index is 954. The summed E-state index contributed by atoms with van der Waals surface area (Å²) in [4.78, 5) is 31.1. The van der Waals surface area contributed by atoms with Crippen LogP contribution < -0.4 is 5.32 Å². The summed E-state index contributed by atoms with van der Waals surface area (Å²) in [7, 11) is 0. The molecule has 0 atom stereocenters. The number of hydrogen-bond acceptors (Lipinski definition) is 8. The third-order valence-corrected chi connectivity index (χ3v) is 5.65. The molecule has 10 heteroatoms. The molecule has 2 aromatic heterocycles. The van der Waals surface area contributed by atoms with Crippen molar-refractivity contribution in [3.05, 3.63) is 64.0 Å². The Labute approximate surface area is 163 Å². The minimum Gasteiger partial charge on any atom is -0.445 e. The summed E-state index contributed by atoms with van der Waals surface area (Å²) in [6.45, 7) is 2.00. The van der Waals surface area contributed by atoms with Crippen LogP contribution >= 0.6 is 23.1 Å². The number of nitrogens with one attached hydrogen (secondary N) is 1. The number of nitro groups is 1. The van der Waals surface area contributed by atoms with Crippen molar-refractivity contribution in [1.82, 2.24) is 9.97 Å². The van der Waals surface area contributed by atoms with Gasteiger partial charge in [0, 0.05) is 18.1 Å². The van der Waals surface area contributed by atoms with Gasteiger partial charge in [-0.15, -0.1) is 11.8 Å². The predicted molar refractivity (Wildman–Crippen MR) is 103 cm³/mol. The van der Waals surface area contributed by atoms with Gasteiger partial charge in [-0.05, 0) is 0 Å². The number of oxazole rings is 1. The zero-order valence-electron chi connectivity index (χ0n) is 14.4. The number of nitro benzene ring substituents is 1. The van der Waals surface area contributed by atoms with Gasteiger partial charge < -0.3 is 9.73 Å². The number of amides is 1. The van der Waals surface area contributed by atoms with E-state index in [1.807, 2.05) is 6.92 Å². The van der Waals surface area contributed by atoms with Gasteiger partial charge in [-0.2, -0.15) is 0 Å². The molecule has 0 aliphatic carbocycles. The predicted octanol–water partition coefficient (Wildman–Crippen LogP) is 4.08. The van der Waals surface area contributed by atoms with Crippen molar-refractivity contribution >= 4 is 39.8 Å². The first kappa shape index (κ1) is 19.1. The van der Waals surface area contributed by atoms with E-state index in [-0.39, 0.29) is 18.0 Å². The lowest BCUT2D eigenvalue weighted by atomic mass is 10.1. The number of benzene rings is 1. The number of thioether (sulfide) groups is 1. The third kappa shape index (κ3) is 5.14. The molecule has 3 rings (SSSR count). The average molecular weight is 404 g/mol. The fourth-order valence-corrected chi connectivity index (χ4v) is 4.01. The second kappa shape index (κ2) is 8.78. The summed E-state index contributed by atoms with van der Waals surface area (Å²) < 4.78 is 6.46. The van der Waals surface area contributed by atoms with Gasteiger partial charge in [0.15, 0.2) is 5.13 Å².